The van der Waals surface area contributed by atoms with Crippen molar-refractivity contribution in [3.8, 4) is 17.0 Å². The Bertz CT molecular complexity index is 1450. The molecule has 3 aliphatic rings. The number of nitrogens with zero attached hydrogens (tertiary/aromatic N) is 6. The minimum Gasteiger partial charge on any atom is -0.491 e. The SMILES string of the molecule is CN1CCN([C@H]2CC[C@H](n3nc(-c4ccc(NC5COc6ccccc65)cc4)c4c(N)ncnc43)CC2)CC1. The molecule has 2 aromatic carbocycles. The molecule has 7 rings (SSSR count). The summed E-state index contributed by atoms with van der Waals surface area (Å²) in [6.07, 6.45) is 6.15. The summed E-state index contributed by atoms with van der Waals surface area (Å²) in [5.74, 6) is 1.44. The number of nitrogens with one attached hydrogen (secondary N) is 1. The predicted octanol–water partition coefficient (Wildman–Crippen LogP) is 4.35. The number of para-hydroxylation sites is 1. The Kier molecular flexibility index (Phi) is 6.33. The molecule has 1 aliphatic carbocycles. The molecule has 4 aromatic rings. The second kappa shape index (κ2) is 10.1. The van der Waals surface area contributed by atoms with Crippen molar-refractivity contribution in [1.29, 1.82) is 0 Å². The van der Waals surface area contributed by atoms with E-state index in [9.17, 15) is 0 Å². The van der Waals surface area contributed by atoms with Crippen LogP contribution in [0, 0.1) is 0 Å². The van der Waals surface area contributed by atoms with Gasteiger partial charge in [-0.15, -0.1) is 0 Å². The lowest BCUT2D eigenvalue weighted by Crippen LogP contribution is -2.49. The Balaban J connectivity index is 1.11. The fraction of sp³-hybridized carbons (Fsp3) is 0.433. The fourth-order valence-corrected chi connectivity index (χ4v) is 6.51. The van der Waals surface area contributed by atoms with Gasteiger partial charge in [-0.2, -0.15) is 5.10 Å². The smallest absolute Gasteiger partial charge is 0.164 e. The van der Waals surface area contributed by atoms with Crippen molar-refractivity contribution in [1.82, 2.24) is 29.5 Å². The first-order valence-electron chi connectivity index (χ1n) is 14.1. The van der Waals surface area contributed by atoms with Gasteiger partial charge in [-0.3, -0.25) is 4.90 Å². The van der Waals surface area contributed by atoms with Gasteiger partial charge in [0, 0.05) is 49.0 Å². The zero-order valence-corrected chi connectivity index (χ0v) is 22.5. The number of likely N-dealkylation sites (N-methyl/N-ethyl adjacent to an activating group) is 1. The number of hydrogen-bond acceptors (Lipinski definition) is 8. The molecule has 2 aliphatic heterocycles. The summed E-state index contributed by atoms with van der Waals surface area (Å²) in [5.41, 5.74) is 11.3. The van der Waals surface area contributed by atoms with E-state index in [1.807, 2.05) is 12.1 Å². The maximum atomic E-state index is 6.41. The van der Waals surface area contributed by atoms with E-state index in [0.29, 0.717) is 24.5 Å². The molecular formula is C30H36N8O. The van der Waals surface area contributed by atoms with Crippen LogP contribution in [0.15, 0.2) is 54.9 Å². The molecule has 9 heteroatoms. The highest BCUT2D eigenvalue weighted by Crippen LogP contribution is 2.38. The quantitative estimate of drug-likeness (QED) is 0.398. The van der Waals surface area contributed by atoms with E-state index in [0.717, 1.165) is 46.6 Å². The average Bonchev–Trinajstić information content (AvgIpc) is 3.57. The molecule has 1 unspecified atom stereocenters. The van der Waals surface area contributed by atoms with E-state index in [-0.39, 0.29) is 6.04 Å². The molecule has 1 saturated heterocycles. The summed E-state index contributed by atoms with van der Waals surface area (Å²) >= 11 is 0. The molecule has 2 aromatic heterocycles. The van der Waals surface area contributed by atoms with Gasteiger partial charge in [0.25, 0.3) is 0 Å². The van der Waals surface area contributed by atoms with Gasteiger partial charge >= 0.3 is 0 Å². The summed E-state index contributed by atoms with van der Waals surface area (Å²) in [6, 6.07) is 17.7. The summed E-state index contributed by atoms with van der Waals surface area (Å²) < 4.78 is 7.96. The molecule has 202 valence electrons. The van der Waals surface area contributed by atoms with Gasteiger partial charge in [-0.05, 0) is 50.9 Å². The standard InChI is InChI=1S/C30H36N8O/c1-36-14-16-37(17-15-36)22-10-12-23(13-11-22)38-30-27(29(31)32-19-33-30)28(35-38)20-6-8-21(9-7-20)34-25-18-39-26-5-3-2-4-24(25)26/h2-9,19,22-23,25,34H,10-18H2,1H3,(H2,31,32,33)/t22-,23-,25?. The van der Waals surface area contributed by atoms with E-state index < -0.39 is 0 Å². The molecule has 9 nitrogen and oxygen atoms in total. The molecule has 0 radical (unpaired) electrons. The van der Waals surface area contributed by atoms with Crippen LogP contribution < -0.4 is 15.8 Å². The first kappa shape index (κ1) is 24.4. The van der Waals surface area contributed by atoms with Crippen LogP contribution in [0.1, 0.15) is 43.3 Å². The Labute approximate surface area is 229 Å². The van der Waals surface area contributed by atoms with Crippen molar-refractivity contribution in [2.75, 3.05) is 50.9 Å². The number of aromatic nitrogens is 4. The molecule has 1 atom stereocenters. The first-order valence-corrected chi connectivity index (χ1v) is 14.1. The monoisotopic (exact) mass is 524 g/mol. The summed E-state index contributed by atoms with van der Waals surface area (Å²) in [6.45, 7) is 5.31. The lowest BCUT2D eigenvalue weighted by atomic mass is 9.90. The Morgan fingerprint density at radius 2 is 1.64 bits per heavy atom. The minimum atomic E-state index is 0.136. The van der Waals surface area contributed by atoms with Crippen LogP contribution in [-0.2, 0) is 0 Å². The van der Waals surface area contributed by atoms with Gasteiger partial charge in [-0.25, -0.2) is 14.6 Å². The third kappa shape index (κ3) is 4.59. The Hall–Kier alpha value is -3.69. The van der Waals surface area contributed by atoms with E-state index in [1.54, 1.807) is 6.33 Å². The van der Waals surface area contributed by atoms with Crippen molar-refractivity contribution in [3.63, 3.8) is 0 Å². The third-order valence-corrected chi connectivity index (χ3v) is 8.78. The number of piperazine rings is 1. The van der Waals surface area contributed by atoms with Gasteiger partial charge in [-0.1, -0.05) is 30.3 Å². The number of rotatable bonds is 5. The zero-order valence-electron chi connectivity index (χ0n) is 22.5. The molecule has 0 bridgehead atoms. The summed E-state index contributed by atoms with van der Waals surface area (Å²) in [4.78, 5) is 14.1. The maximum Gasteiger partial charge on any atom is 0.164 e. The van der Waals surface area contributed by atoms with Gasteiger partial charge in [0.1, 0.15) is 30.2 Å². The largest absolute Gasteiger partial charge is 0.491 e. The number of anilines is 2. The van der Waals surface area contributed by atoms with Crippen molar-refractivity contribution < 1.29 is 4.74 Å². The van der Waals surface area contributed by atoms with Crippen molar-refractivity contribution >= 4 is 22.5 Å². The number of ether oxygens (including phenoxy) is 1. The topological polar surface area (TPSA) is 97.4 Å². The maximum absolute atomic E-state index is 6.41. The highest BCUT2D eigenvalue weighted by Gasteiger charge is 2.31. The molecule has 0 amide bonds. The van der Waals surface area contributed by atoms with Crippen LogP contribution in [0.5, 0.6) is 5.75 Å². The number of nitrogens with two attached hydrogens (primary N) is 1. The highest BCUT2D eigenvalue weighted by molar-refractivity contribution is 5.98. The highest BCUT2D eigenvalue weighted by atomic mass is 16.5. The number of nitrogen functional groups attached to an aromatic ring is 1. The van der Waals surface area contributed by atoms with Crippen LogP contribution >= 0.6 is 0 Å². The van der Waals surface area contributed by atoms with Gasteiger partial charge in [0.15, 0.2) is 5.65 Å². The van der Waals surface area contributed by atoms with Gasteiger partial charge in [0.05, 0.1) is 17.5 Å². The van der Waals surface area contributed by atoms with Crippen molar-refractivity contribution in [2.45, 2.75) is 43.8 Å². The molecule has 4 heterocycles. The Morgan fingerprint density at radius 3 is 2.44 bits per heavy atom. The van der Waals surface area contributed by atoms with E-state index in [2.05, 4.69) is 73.2 Å². The molecular weight excluding hydrogens is 488 g/mol. The summed E-state index contributed by atoms with van der Waals surface area (Å²) in [7, 11) is 2.22. The molecule has 1 saturated carbocycles. The predicted molar refractivity (Wildman–Crippen MR) is 154 cm³/mol. The van der Waals surface area contributed by atoms with Gasteiger partial charge < -0.3 is 20.7 Å². The first-order chi connectivity index (χ1) is 19.1. The van der Waals surface area contributed by atoms with Crippen LogP contribution in [0.25, 0.3) is 22.3 Å². The van der Waals surface area contributed by atoms with Crippen LogP contribution in [0.4, 0.5) is 11.5 Å². The average molecular weight is 525 g/mol. The molecule has 39 heavy (non-hydrogen) atoms. The molecule has 3 N–H and O–H groups in total. The normalized spacial score (nSPS) is 24.0. The number of benzene rings is 2. The van der Waals surface area contributed by atoms with Crippen LogP contribution in [-0.4, -0.2) is 75.4 Å². The minimum absolute atomic E-state index is 0.136. The second-order valence-corrected chi connectivity index (χ2v) is 11.2. The van der Waals surface area contributed by atoms with Crippen molar-refractivity contribution in [2.24, 2.45) is 0 Å². The van der Waals surface area contributed by atoms with Crippen LogP contribution in [0.2, 0.25) is 0 Å². The van der Waals surface area contributed by atoms with E-state index >= 15 is 0 Å². The van der Waals surface area contributed by atoms with Crippen LogP contribution in [0.3, 0.4) is 0 Å². The van der Waals surface area contributed by atoms with E-state index in [1.165, 1.54) is 44.6 Å². The third-order valence-electron chi connectivity index (χ3n) is 8.78. The second-order valence-electron chi connectivity index (χ2n) is 11.2. The Morgan fingerprint density at radius 1 is 0.897 bits per heavy atom. The van der Waals surface area contributed by atoms with Crippen molar-refractivity contribution in [3.05, 3.63) is 60.4 Å². The fourth-order valence-electron chi connectivity index (χ4n) is 6.51. The number of fused-ring (bicyclic) bond motifs is 2. The molecule has 0 spiro atoms. The lowest BCUT2D eigenvalue weighted by molar-refractivity contribution is 0.0815. The summed E-state index contributed by atoms with van der Waals surface area (Å²) in [5, 5.41) is 9.58. The molecule has 2 fully saturated rings. The van der Waals surface area contributed by atoms with Gasteiger partial charge in [0.2, 0.25) is 0 Å². The zero-order chi connectivity index (χ0) is 26.3. The number of hydrogen-bond donors (Lipinski definition) is 2. The lowest BCUT2D eigenvalue weighted by Gasteiger charge is -2.41. The van der Waals surface area contributed by atoms with E-state index in [4.69, 9.17) is 15.6 Å².